The van der Waals surface area contributed by atoms with Gasteiger partial charge in [0.15, 0.2) is 0 Å². The van der Waals surface area contributed by atoms with Crippen molar-refractivity contribution in [3.05, 3.63) is 53.1 Å². The minimum absolute atomic E-state index is 0.00507. The van der Waals surface area contributed by atoms with Crippen molar-refractivity contribution >= 4 is 21.6 Å². The molecule has 25 heavy (non-hydrogen) atoms. The second kappa shape index (κ2) is 7.57. The molecule has 0 aliphatic carbocycles. The minimum Gasteiger partial charge on any atom is -0.496 e. The molecule has 134 valence electrons. The molecule has 2 rings (SSSR count). The lowest BCUT2D eigenvalue weighted by Crippen LogP contribution is -2.24. The van der Waals surface area contributed by atoms with E-state index in [1.807, 2.05) is 26.0 Å². The Bertz CT molecular complexity index is 892. The van der Waals surface area contributed by atoms with Gasteiger partial charge >= 0.3 is 0 Å². The van der Waals surface area contributed by atoms with Crippen LogP contribution in [0.15, 0.2) is 41.3 Å². The zero-order valence-electron chi connectivity index (χ0n) is 14.7. The number of anilines is 1. The van der Waals surface area contributed by atoms with Crippen molar-refractivity contribution < 1.29 is 17.9 Å². The Morgan fingerprint density at radius 1 is 1.12 bits per heavy atom. The van der Waals surface area contributed by atoms with Crippen LogP contribution in [0.4, 0.5) is 5.69 Å². The van der Waals surface area contributed by atoms with Gasteiger partial charge in [-0.2, -0.15) is 0 Å². The number of ether oxygens (including phenoxy) is 1. The van der Waals surface area contributed by atoms with Crippen molar-refractivity contribution in [3.8, 4) is 5.75 Å². The quantitative estimate of drug-likeness (QED) is 0.827. The summed E-state index contributed by atoms with van der Waals surface area (Å²) in [5, 5.41) is 2.65. The number of nitrogens with one attached hydrogen (secondary N) is 2. The van der Waals surface area contributed by atoms with Crippen molar-refractivity contribution in [2.75, 3.05) is 18.4 Å². The van der Waals surface area contributed by atoms with Gasteiger partial charge in [-0.15, -0.1) is 0 Å². The predicted molar refractivity (Wildman–Crippen MR) is 97.7 cm³/mol. The van der Waals surface area contributed by atoms with E-state index in [9.17, 15) is 13.2 Å². The van der Waals surface area contributed by atoms with E-state index in [1.54, 1.807) is 13.0 Å². The molecule has 0 fully saturated rings. The Kier molecular flexibility index (Phi) is 5.69. The standard InChI is InChI=1S/C18H22N2O4S/c1-5-19-18(21)15-11-14(7-9-17(15)24-4)25(22,23)20-16-8-6-12(2)10-13(16)3/h6-11,20H,5H2,1-4H3,(H,19,21). The molecular formula is C18H22N2O4S. The highest BCUT2D eigenvalue weighted by Crippen LogP contribution is 2.25. The number of rotatable bonds is 6. The van der Waals surface area contributed by atoms with Gasteiger partial charge in [-0.3, -0.25) is 9.52 Å². The fourth-order valence-electron chi connectivity index (χ4n) is 2.42. The third-order valence-corrected chi connectivity index (χ3v) is 5.05. The summed E-state index contributed by atoms with van der Waals surface area (Å²) in [6.07, 6.45) is 0. The molecule has 2 aromatic carbocycles. The van der Waals surface area contributed by atoms with E-state index in [1.165, 1.54) is 25.3 Å². The summed E-state index contributed by atoms with van der Waals surface area (Å²) >= 11 is 0. The van der Waals surface area contributed by atoms with Crippen LogP contribution in [0.5, 0.6) is 5.75 Å². The lowest BCUT2D eigenvalue weighted by atomic mass is 10.1. The van der Waals surface area contributed by atoms with Gasteiger partial charge in [0.1, 0.15) is 5.75 Å². The number of carbonyl (C=O) groups is 1. The Hall–Kier alpha value is -2.54. The average Bonchev–Trinajstić information content (AvgIpc) is 2.57. The number of hydrogen-bond acceptors (Lipinski definition) is 4. The summed E-state index contributed by atoms with van der Waals surface area (Å²) < 4.78 is 33.1. The van der Waals surface area contributed by atoms with E-state index < -0.39 is 10.0 Å². The van der Waals surface area contributed by atoms with E-state index in [0.717, 1.165) is 11.1 Å². The van der Waals surface area contributed by atoms with Crippen molar-refractivity contribution in [1.29, 1.82) is 0 Å². The summed E-state index contributed by atoms with van der Waals surface area (Å²) in [5.41, 5.74) is 2.54. The number of hydrogen-bond donors (Lipinski definition) is 2. The number of sulfonamides is 1. The van der Waals surface area contributed by atoms with E-state index in [0.29, 0.717) is 18.0 Å². The van der Waals surface area contributed by atoms with Crippen molar-refractivity contribution in [1.82, 2.24) is 5.32 Å². The van der Waals surface area contributed by atoms with Crippen molar-refractivity contribution in [3.63, 3.8) is 0 Å². The maximum atomic E-state index is 12.7. The first kappa shape index (κ1) is 18.8. The van der Waals surface area contributed by atoms with Crippen LogP contribution in [0, 0.1) is 13.8 Å². The smallest absolute Gasteiger partial charge is 0.261 e. The van der Waals surface area contributed by atoms with Crippen molar-refractivity contribution in [2.45, 2.75) is 25.7 Å². The molecule has 0 bridgehead atoms. The fraction of sp³-hybridized carbons (Fsp3) is 0.278. The molecule has 0 atom stereocenters. The Balaban J connectivity index is 2.42. The van der Waals surface area contributed by atoms with E-state index in [-0.39, 0.29) is 16.4 Å². The molecule has 7 heteroatoms. The number of amides is 1. The SMILES string of the molecule is CCNC(=O)c1cc(S(=O)(=O)Nc2ccc(C)cc2C)ccc1OC. The van der Waals surface area contributed by atoms with Crippen molar-refractivity contribution in [2.24, 2.45) is 0 Å². The normalized spacial score (nSPS) is 11.0. The number of methoxy groups -OCH3 is 1. The Morgan fingerprint density at radius 2 is 1.84 bits per heavy atom. The maximum absolute atomic E-state index is 12.7. The molecule has 2 aromatic rings. The minimum atomic E-state index is -3.83. The zero-order chi connectivity index (χ0) is 18.6. The molecule has 0 saturated heterocycles. The van der Waals surface area contributed by atoms with Crippen LogP contribution < -0.4 is 14.8 Å². The topological polar surface area (TPSA) is 84.5 Å². The molecule has 0 aromatic heterocycles. The molecule has 1 amide bonds. The molecule has 6 nitrogen and oxygen atoms in total. The molecule has 0 aliphatic heterocycles. The summed E-state index contributed by atoms with van der Waals surface area (Å²) in [6.45, 7) is 5.98. The fourth-order valence-corrected chi connectivity index (χ4v) is 3.58. The van der Waals surface area contributed by atoms with Gasteiger partial charge in [-0.25, -0.2) is 8.42 Å². The molecule has 0 spiro atoms. The van der Waals surface area contributed by atoms with E-state index >= 15 is 0 Å². The van der Waals surface area contributed by atoms with Crippen LogP contribution in [-0.2, 0) is 10.0 Å². The molecule has 0 unspecified atom stereocenters. The largest absolute Gasteiger partial charge is 0.496 e. The van der Waals surface area contributed by atoms with Crippen LogP contribution in [0.25, 0.3) is 0 Å². The van der Waals surface area contributed by atoms with Gasteiger partial charge in [0.05, 0.1) is 23.3 Å². The first-order valence-corrected chi connectivity index (χ1v) is 9.33. The highest BCUT2D eigenvalue weighted by atomic mass is 32.2. The van der Waals surface area contributed by atoms with Gasteiger partial charge in [0, 0.05) is 6.54 Å². The molecule has 0 aliphatic rings. The highest BCUT2D eigenvalue weighted by molar-refractivity contribution is 7.92. The first-order valence-electron chi connectivity index (χ1n) is 7.84. The van der Waals surface area contributed by atoms with Crippen LogP contribution in [0.2, 0.25) is 0 Å². The predicted octanol–water partition coefficient (Wildman–Crippen LogP) is 2.86. The molecule has 0 radical (unpaired) electrons. The Morgan fingerprint density at radius 3 is 2.44 bits per heavy atom. The summed E-state index contributed by atoms with van der Waals surface area (Å²) in [4.78, 5) is 12.1. The first-order chi connectivity index (χ1) is 11.8. The second-order valence-electron chi connectivity index (χ2n) is 5.65. The zero-order valence-corrected chi connectivity index (χ0v) is 15.5. The second-order valence-corrected chi connectivity index (χ2v) is 7.33. The van der Waals surface area contributed by atoms with Crippen LogP contribution >= 0.6 is 0 Å². The third-order valence-electron chi connectivity index (χ3n) is 3.69. The molecule has 0 saturated carbocycles. The van der Waals surface area contributed by atoms with Crippen LogP contribution in [0.1, 0.15) is 28.4 Å². The number of aryl methyl sites for hydroxylation is 2. The monoisotopic (exact) mass is 362 g/mol. The third kappa shape index (κ3) is 4.30. The van der Waals surface area contributed by atoms with E-state index in [2.05, 4.69) is 10.0 Å². The summed E-state index contributed by atoms with van der Waals surface area (Å²) in [6, 6.07) is 9.64. The van der Waals surface area contributed by atoms with Crippen LogP contribution in [-0.4, -0.2) is 28.0 Å². The molecule has 0 heterocycles. The van der Waals surface area contributed by atoms with Gasteiger partial charge in [-0.1, -0.05) is 17.7 Å². The van der Waals surface area contributed by atoms with Gasteiger partial charge in [0.2, 0.25) is 0 Å². The van der Waals surface area contributed by atoms with Gasteiger partial charge in [0.25, 0.3) is 15.9 Å². The molecular weight excluding hydrogens is 340 g/mol. The van der Waals surface area contributed by atoms with Crippen LogP contribution in [0.3, 0.4) is 0 Å². The lowest BCUT2D eigenvalue weighted by molar-refractivity contribution is 0.0952. The highest BCUT2D eigenvalue weighted by Gasteiger charge is 2.20. The lowest BCUT2D eigenvalue weighted by Gasteiger charge is -2.13. The number of carbonyl (C=O) groups excluding carboxylic acids is 1. The maximum Gasteiger partial charge on any atom is 0.261 e. The number of benzene rings is 2. The molecule has 2 N–H and O–H groups in total. The summed E-state index contributed by atoms with van der Waals surface area (Å²) in [7, 11) is -2.40. The average molecular weight is 362 g/mol. The summed E-state index contributed by atoms with van der Waals surface area (Å²) in [5.74, 6) is -0.0701. The van der Waals surface area contributed by atoms with Gasteiger partial charge in [-0.05, 0) is 50.6 Å². The van der Waals surface area contributed by atoms with Gasteiger partial charge < -0.3 is 10.1 Å². The Labute approximate surface area is 148 Å². The van der Waals surface area contributed by atoms with E-state index in [4.69, 9.17) is 4.74 Å².